The van der Waals surface area contributed by atoms with E-state index in [4.69, 9.17) is 17.3 Å². The molecule has 1 aromatic heterocycles. The molecule has 0 spiro atoms. The van der Waals surface area contributed by atoms with Crippen LogP contribution in [0.5, 0.6) is 0 Å². The number of aromatic amines is 1. The Morgan fingerprint density at radius 2 is 1.94 bits per heavy atom. The Kier molecular flexibility index (Phi) is 6.02. The first-order chi connectivity index (χ1) is 17.1. The van der Waals surface area contributed by atoms with Gasteiger partial charge in [-0.15, -0.1) is 0 Å². The van der Waals surface area contributed by atoms with Crippen molar-refractivity contribution in [1.82, 2.24) is 20.1 Å². The molecule has 0 bridgehead atoms. The van der Waals surface area contributed by atoms with Crippen LogP contribution in [0, 0.1) is 5.92 Å². The molecule has 7 N–H and O–H groups in total. The van der Waals surface area contributed by atoms with Crippen molar-refractivity contribution < 1.29 is 4.79 Å². The average Bonchev–Trinajstić information content (AvgIpc) is 3.34. The van der Waals surface area contributed by atoms with Crippen molar-refractivity contribution in [3.8, 4) is 0 Å². The fraction of sp³-hybridized carbons (Fsp3) is 0.407. The van der Waals surface area contributed by atoms with Crippen LogP contribution in [0.4, 0.5) is 5.69 Å². The number of nitrogens with zero attached hydrogens (tertiary/aromatic N) is 4. The number of benzene rings is 2. The minimum atomic E-state index is -0.558. The highest BCUT2D eigenvalue weighted by atomic mass is 16.1. The third kappa shape index (κ3) is 3.93. The Morgan fingerprint density at radius 1 is 1.19 bits per heavy atom. The Balaban J connectivity index is 1.52. The molecule has 9 nitrogen and oxygen atoms in total. The lowest BCUT2D eigenvalue weighted by Gasteiger charge is -2.58. The van der Waals surface area contributed by atoms with Gasteiger partial charge >= 0.3 is 0 Å². The number of amides is 1. The quantitative estimate of drug-likeness (QED) is 0.406. The van der Waals surface area contributed by atoms with E-state index in [1.54, 1.807) is 11.2 Å². The summed E-state index contributed by atoms with van der Waals surface area (Å²) in [5.74, 6) is 6.28. The summed E-state index contributed by atoms with van der Waals surface area (Å²) in [4.78, 5) is 16.7. The van der Waals surface area contributed by atoms with Crippen LogP contribution in [0.15, 0.2) is 66.5 Å². The molecule has 9 heteroatoms. The summed E-state index contributed by atoms with van der Waals surface area (Å²) in [6.07, 6.45) is 4.85. The number of likely N-dealkylation sites (tertiary alicyclic amines) is 1. The molecule has 1 amide bonds. The number of nitrogens with two attached hydrogens (primary N) is 3. The number of hydrazine groups is 1. The second kappa shape index (κ2) is 8.92. The van der Waals surface area contributed by atoms with Gasteiger partial charge in [0.2, 0.25) is 5.91 Å². The van der Waals surface area contributed by atoms with Gasteiger partial charge in [0.1, 0.15) is 0 Å². The smallest absolute Gasteiger partial charge is 0.221 e. The van der Waals surface area contributed by atoms with Crippen LogP contribution in [0.3, 0.4) is 0 Å². The largest absolute Gasteiger partial charge is 0.369 e. The van der Waals surface area contributed by atoms with E-state index >= 15 is 0 Å². The summed E-state index contributed by atoms with van der Waals surface area (Å²) in [5.41, 5.74) is 15.8. The number of fused-ring (bicyclic) bond motifs is 1. The van der Waals surface area contributed by atoms with Gasteiger partial charge < -0.3 is 10.6 Å². The van der Waals surface area contributed by atoms with Gasteiger partial charge in [0.25, 0.3) is 0 Å². The van der Waals surface area contributed by atoms with Gasteiger partial charge in [-0.3, -0.25) is 25.5 Å². The van der Waals surface area contributed by atoms with Crippen molar-refractivity contribution in [1.29, 1.82) is 0 Å². The van der Waals surface area contributed by atoms with E-state index in [9.17, 15) is 4.79 Å². The molecule has 3 aromatic rings. The van der Waals surface area contributed by atoms with E-state index in [2.05, 4.69) is 59.0 Å². The molecule has 0 radical (unpaired) electrons. The lowest BCUT2D eigenvalue weighted by Crippen LogP contribution is -2.68. The van der Waals surface area contributed by atoms with Gasteiger partial charge in [-0.1, -0.05) is 30.3 Å². The molecule has 3 heterocycles. The van der Waals surface area contributed by atoms with Crippen LogP contribution in [0.2, 0.25) is 0 Å². The molecular formula is C27H36N8O. The highest BCUT2D eigenvalue weighted by Crippen LogP contribution is 2.46. The minimum absolute atomic E-state index is 0.220. The zero-order valence-corrected chi connectivity index (χ0v) is 21.2. The van der Waals surface area contributed by atoms with Crippen molar-refractivity contribution in [3.05, 3.63) is 72.1 Å². The van der Waals surface area contributed by atoms with Crippen molar-refractivity contribution >= 4 is 22.5 Å². The number of hydrogen-bond donors (Lipinski definition) is 4. The van der Waals surface area contributed by atoms with E-state index in [1.807, 2.05) is 36.4 Å². The Labute approximate surface area is 211 Å². The number of aromatic nitrogens is 2. The van der Waals surface area contributed by atoms with Crippen LogP contribution in [0.1, 0.15) is 39.2 Å². The zero-order valence-electron chi connectivity index (χ0n) is 21.2. The van der Waals surface area contributed by atoms with Gasteiger partial charge in [0.05, 0.1) is 28.9 Å². The molecule has 1 unspecified atom stereocenters. The number of primary amides is 1. The molecular weight excluding hydrogens is 452 g/mol. The number of carbonyl (C=O) groups excluding carboxylic acids is 1. The van der Waals surface area contributed by atoms with E-state index < -0.39 is 11.8 Å². The maximum Gasteiger partial charge on any atom is 0.221 e. The number of nitrogens with one attached hydrogen (secondary N) is 1. The summed E-state index contributed by atoms with van der Waals surface area (Å²) in [7, 11) is 0. The number of carbonyl (C=O) groups is 1. The van der Waals surface area contributed by atoms with E-state index in [1.165, 1.54) is 5.56 Å². The predicted octanol–water partition coefficient (Wildman–Crippen LogP) is 2.58. The summed E-state index contributed by atoms with van der Waals surface area (Å²) in [5, 5.41) is 9.86. The van der Waals surface area contributed by atoms with E-state index in [0.29, 0.717) is 19.5 Å². The molecule has 0 saturated carbocycles. The summed E-state index contributed by atoms with van der Waals surface area (Å²) in [6, 6.07) is 16.5. The number of hydrogen-bond acceptors (Lipinski definition) is 7. The van der Waals surface area contributed by atoms with Crippen LogP contribution in [-0.4, -0.2) is 50.9 Å². The third-order valence-corrected chi connectivity index (χ3v) is 8.21. The first-order valence-corrected chi connectivity index (χ1v) is 12.5. The van der Waals surface area contributed by atoms with Crippen molar-refractivity contribution in [2.24, 2.45) is 23.2 Å². The number of rotatable bonds is 5. The normalized spacial score (nSPS) is 25.8. The maximum absolute atomic E-state index is 12.3. The van der Waals surface area contributed by atoms with Crippen molar-refractivity contribution in [3.63, 3.8) is 0 Å². The molecule has 1 saturated heterocycles. The highest BCUT2D eigenvalue weighted by molar-refractivity contribution is 5.82. The van der Waals surface area contributed by atoms with Crippen LogP contribution in [-0.2, 0) is 10.3 Å². The highest BCUT2D eigenvalue weighted by Gasteiger charge is 2.51. The van der Waals surface area contributed by atoms with E-state index in [0.717, 1.165) is 28.7 Å². The second-order valence-electron chi connectivity index (χ2n) is 10.7. The predicted molar refractivity (Wildman–Crippen MR) is 142 cm³/mol. The summed E-state index contributed by atoms with van der Waals surface area (Å²) >= 11 is 0. The van der Waals surface area contributed by atoms with Gasteiger partial charge in [0.15, 0.2) is 6.29 Å². The van der Waals surface area contributed by atoms with Crippen molar-refractivity contribution in [2.75, 3.05) is 18.0 Å². The van der Waals surface area contributed by atoms with Gasteiger partial charge in [0, 0.05) is 29.7 Å². The Hall–Kier alpha value is -3.40. The third-order valence-electron chi connectivity index (χ3n) is 8.21. The Morgan fingerprint density at radius 3 is 2.67 bits per heavy atom. The first-order valence-electron chi connectivity index (χ1n) is 12.5. The molecule has 1 fully saturated rings. The van der Waals surface area contributed by atoms with Crippen LogP contribution < -0.4 is 22.2 Å². The minimum Gasteiger partial charge on any atom is -0.369 e. The lowest BCUT2D eigenvalue weighted by atomic mass is 9.75. The van der Waals surface area contributed by atoms with Gasteiger partial charge in [-0.05, 0) is 63.5 Å². The van der Waals surface area contributed by atoms with Crippen molar-refractivity contribution in [2.45, 2.75) is 51.0 Å². The molecule has 0 aliphatic carbocycles. The molecule has 190 valence electrons. The fourth-order valence-corrected chi connectivity index (χ4v) is 6.00. The summed E-state index contributed by atoms with van der Waals surface area (Å²) in [6.45, 7) is 7.76. The van der Waals surface area contributed by atoms with Crippen LogP contribution in [0.25, 0.3) is 10.9 Å². The molecule has 2 aliphatic rings. The maximum atomic E-state index is 12.3. The topological polar surface area (TPSA) is 134 Å². The number of piperidine rings is 1. The monoisotopic (exact) mass is 488 g/mol. The van der Waals surface area contributed by atoms with E-state index in [-0.39, 0.29) is 17.4 Å². The molecule has 5 rings (SSSR count). The number of H-pyrrole nitrogens is 1. The first kappa shape index (κ1) is 24.3. The van der Waals surface area contributed by atoms with Crippen LogP contribution >= 0.6 is 0 Å². The molecule has 36 heavy (non-hydrogen) atoms. The molecule has 2 aliphatic heterocycles. The molecule has 2 aromatic carbocycles. The lowest BCUT2D eigenvalue weighted by molar-refractivity contribution is -0.127. The van der Waals surface area contributed by atoms with Gasteiger partial charge in [-0.25, -0.2) is 5.84 Å². The fourth-order valence-electron chi connectivity index (χ4n) is 6.00. The zero-order chi connectivity index (χ0) is 25.7. The summed E-state index contributed by atoms with van der Waals surface area (Å²) < 4.78 is 0. The SMILES string of the molecule is CC(C)(c1ccccc1)N1C[C@@H](C(N)=O)CC[C@]1(C)C1=CCN(c2ccc3cn[nH]c3c2)C(N)N1N. The Bertz CT molecular complexity index is 1290. The average molecular weight is 489 g/mol. The molecule has 3 atom stereocenters. The number of anilines is 1. The van der Waals surface area contributed by atoms with Gasteiger partial charge in [-0.2, -0.15) is 5.10 Å². The standard InChI is InChI=1S/C27H36N8O/c1-26(2,20-7-5-4-6-8-20)34-17-19(24(28)36)11-13-27(34,3)23-12-14-33(25(29)35(23)30)21-10-9-18-16-31-32-22(18)15-21/h4-10,12,15-16,19,25H,11,13-14,17,29-30H2,1-3H3,(H2,28,36)(H,31,32)/t19-,25?,27+/m0/s1. The second-order valence-corrected chi connectivity index (χ2v) is 10.7.